The van der Waals surface area contributed by atoms with E-state index in [1.165, 1.54) is 0 Å². The summed E-state index contributed by atoms with van der Waals surface area (Å²) in [6, 6.07) is 15.6. The predicted octanol–water partition coefficient (Wildman–Crippen LogP) is 3.69. The van der Waals surface area contributed by atoms with Gasteiger partial charge >= 0.3 is 5.69 Å². The molecule has 1 saturated heterocycles. The van der Waals surface area contributed by atoms with Crippen LogP contribution in [0.3, 0.4) is 0 Å². The predicted molar refractivity (Wildman–Crippen MR) is 119 cm³/mol. The van der Waals surface area contributed by atoms with Gasteiger partial charge in [-0.2, -0.15) is 5.10 Å². The molecule has 0 atom stereocenters. The number of hydrogen-bond donors (Lipinski definition) is 1. The molecule has 1 aliphatic heterocycles. The molecular formula is C23H26N4O2S. The number of hydrogen-bond acceptors (Lipinski definition) is 4. The lowest BCUT2D eigenvalue weighted by Crippen LogP contribution is -2.39. The molecule has 1 N–H and O–H groups in total. The molecule has 6 nitrogen and oxygen atoms in total. The topological polar surface area (TPSA) is 71.0 Å². The van der Waals surface area contributed by atoms with Gasteiger partial charge in [-0.3, -0.25) is 4.79 Å². The van der Waals surface area contributed by atoms with Crippen LogP contribution >= 0.6 is 11.8 Å². The zero-order valence-electron chi connectivity index (χ0n) is 17.3. The number of rotatable bonds is 5. The average molecular weight is 423 g/mol. The maximum absolute atomic E-state index is 13.0. The highest BCUT2D eigenvalue weighted by Crippen LogP contribution is 2.26. The van der Waals surface area contributed by atoms with E-state index in [1.54, 1.807) is 16.3 Å². The zero-order chi connectivity index (χ0) is 21.1. The van der Waals surface area contributed by atoms with Gasteiger partial charge in [0.1, 0.15) is 5.82 Å². The normalized spacial score (nSPS) is 14.8. The number of carbonyl (C=O) groups excluding carboxylic acids is 1. The summed E-state index contributed by atoms with van der Waals surface area (Å²) in [6.07, 6.45) is 4.52. The number of para-hydroxylation sites is 1. The zero-order valence-corrected chi connectivity index (χ0v) is 18.1. The maximum atomic E-state index is 13.0. The standard InChI is InChI=1S/C23H26N4O2S/c1-16-7-3-5-9-19(16)27-21(24-25-23(27)29)15-17-11-13-26(14-12-17)22(28)18-8-4-6-10-20(18)30-2/h3-10,17H,11-15H2,1-2H3,(H,25,29). The Morgan fingerprint density at radius 1 is 1.13 bits per heavy atom. The highest BCUT2D eigenvalue weighted by atomic mass is 32.2. The average Bonchev–Trinajstić information content (AvgIpc) is 3.14. The third-order valence-electron chi connectivity index (χ3n) is 5.81. The SMILES string of the molecule is CSc1ccccc1C(=O)N1CCC(Cc2n[nH]c(=O)n2-c2ccccc2C)CC1. The van der Waals surface area contributed by atoms with Gasteiger partial charge in [0.2, 0.25) is 0 Å². The minimum absolute atomic E-state index is 0.106. The Morgan fingerprint density at radius 3 is 2.57 bits per heavy atom. The first-order valence-electron chi connectivity index (χ1n) is 10.2. The number of carbonyl (C=O) groups is 1. The van der Waals surface area contributed by atoms with Crippen LogP contribution in [0.25, 0.3) is 5.69 Å². The summed E-state index contributed by atoms with van der Waals surface area (Å²) >= 11 is 1.60. The molecule has 7 heteroatoms. The summed E-state index contributed by atoms with van der Waals surface area (Å²) in [4.78, 5) is 28.3. The van der Waals surface area contributed by atoms with Crippen LogP contribution in [-0.4, -0.2) is 44.9 Å². The Labute approximate surface area is 180 Å². The molecule has 1 fully saturated rings. The highest BCUT2D eigenvalue weighted by molar-refractivity contribution is 7.98. The minimum Gasteiger partial charge on any atom is -0.339 e. The van der Waals surface area contributed by atoms with E-state index in [-0.39, 0.29) is 11.6 Å². The number of amides is 1. The van der Waals surface area contributed by atoms with Gasteiger partial charge in [0.15, 0.2) is 0 Å². The third kappa shape index (κ3) is 4.07. The van der Waals surface area contributed by atoms with E-state index in [4.69, 9.17) is 0 Å². The molecule has 0 aliphatic carbocycles. The van der Waals surface area contributed by atoms with Gasteiger partial charge in [-0.1, -0.05) is 30.3 Å². The number of aromatic amines is 1. The monoisotopic (exact) mass is 422 g/mol. The lowest BCUT2D eigenvalue weighted by atomic mass is 9.92. The third-order valence-corrected chi connectivity index (χ3v) is 6.60. The van der Waals surface area contributed by atoms with Crippen molar-refractivity contribution in [3.8, 4) is 5.69 Å². The van der Waals surface area contributed by atoms with Crippen molar-refractivity contribution in [2.24, 2.45) is 5.92 Å². The van der Waals surface area contributed by atoms with Crippen LogP contribution in [-0.2, 0) is 6.42 Å². The fourth-order valence-corrected chi connectivity index (χ4v) is 4.71. The van der Waals surface area contributed by atoms with Crippen LogP contribution in [0, 0.1) is 12.8 Å². The van der Waals surface area contributed by atoms with Gasteiger partial charge in [0, 0.05) is 24.4 Å². The van der Waals surface area contributed by atoms with E-state index < -0.39 is 0 Å². The molecule has 0 unspecified atom stereocenters. The summed E-state index contributed by atoms with van der Waals surface area (Å²) in [7, 11) is 0. The summed E-state index contributed by atoms with van der Waals surface area (Å²) in [5, 5.41) is 6.90. The first kappa shape index (κ1) is 20.5. The molecule has 1 aromatic heterocycles. The Morgan fingerprint density at radius 2 is 1.83 bits per heavy atom. The number of aryl methyl sites for hydroxylation is 1. The van der Waals surface area contributed by atoms with E-state index in [1.807, 2.05) is 66.6 Å². The van der Waals surface area contributed by atoms with Crippen molar-refractivity contribution in [2.75, 3.05) is 19.3 Å². The number of piperidine rings is 1. The van der Waals surface area contributed by atoms with Crippen molar-refractivity contribution in [1.82, 2.24) is 19.7 Å². The van der Waals surface area contributed by atoms with Crippen LogP contribution in [0.2, 0.25) is 0 Å². The van der Waals surface area contributed by atoms with Crippen LogP contribution in [0.15, 0.2) is 58.2 Å². The Bertz CT molecular complexity index is 1100. The van der Waals surface area contributed by atoms with Crippen molar-refractivity contribution in [1.29, 1.82) is 0 Å². The van der Waals surface area contributed by atoms with E-state index in [0.29, 0.717) is 5.92 Å². The van der Waals surface area contributed by atoms with Gasteiger partial charge in [0.25, 0.3) is 5.91 Å². The number of likely N-dealkylation sites (tertiary alicyclic amines) is 1. The van der Waals surface area contributed by atoms with Crippen LogP contribution < -0.4 is 5.69 Å². The summed E-state index contributed by atoms with van der Waals surface area (Å²) in [5.74, 6) is 1.25. The maximum Gasteiger partial charge on any atom is 0.347 e. The van der Waals surface area contributed by atoms with E-state index >= 15 is 0 Å². The molecule has 2 heterocycles. The van der Waals surface area contributed by atoms with Gasteiger partial charge in [-0.05, 0) is 55.7 Å². The Kier molecular flexibility index (Phi) is 6.08. The van der Waals surface area contributed by atoms with Crippen molar-refractivity contribution in [3.05, 3.63) is 76.0 Å². The Hall–Kier alpha value is -2.80. The van der Waals surface area contributed by atoms with Crippen molar-refractivity contribution >= 4 is 17.7 Å². The van der Waals surface area contributed by atoms with Crippen LogP contribution in [0.1, 0.15) is 34.6 Å². The molecule has 0 radical (unpaired) electrons. The lowest BCUT2D eigenvalue weighted by Gasteiger charge is -2.32. The number of benzene rings is 2. The van der Waals surface area contributed by atoms with E-state index in [0.717, 1.165) is 59.9 Å². The van der Waals surface area contributed by atoms with Crippen LogP contribution in [0.5, 0.6) is 0 Å². The van der Waals surface area contributed by atoms with Crippen molar-refractivity contribution in [3.63, 3.8) is 0 Å². The molecule has 0 bridgehead atoms. The Balaban J connectivity index is 1.45. The molecule has 0 spiro atoms. The van der Waals surface area contributed by atoms with Gasteiger partial charge in [-0.25, -0.2) is 14.5 Å². The second-order valence-corrected chi connectivity index (χ2v) is 8.55. The molecule has 2 aromatic carbocycles. The van der Waals surface area contributed by atoms with Gasteiger partial charge in [-0.15, -0.1) is 11.8 Å². The second-order valence-electron chi connectivity index (χ2n) is 7.71. The molecule has 1 amide bonds. The number of aromatic nitrogens is 3. The van der Waals surface area contributed by atoms with E-state index in [9.17, 15) is 9.59 Å². The number of nitrogens with one attached hydrogen (secondary N) is 1. The molecule has 30 heavy (non-hydrogen) atoms. The quantitative estimate of drug-likeness (QED) is 0.637. The molecule has 3 aromatic rings. The summed E-state index contributed by atoms with van der Waals surface area (Å²) < 4.78 is 1.68. The highest BCUT2D eigenvalue weighted by Gasteiger charge is 2.26. The second kappa shape index (κ2) is 8.92. The van der Waals surface area contributed by atoms with Gasteiger partial charge in [0.05, 0.1) is 11.3 Å². The van der Waals surface area contributed by atoms with Gasteiger partial charge < -0.3 is 4.90 Å². The smallest absolute Gasteiger partial charge is 0.339 e. The molecule has 4 rings (SSSR count). The fourth-order valence-electron chi connectivity index (χ4n) is 4.12. The minimum atomic E-state index is -0.208. The molecule has 0 saturated carbocycles. The van der Waals surface area contributed by atoms with Crippen molar-refractivity contribution in [2.45, 2.75) is 31.1 Å². The molecule has 156 valence electrons. The molecular weight excluding hydrogens is 396 g/mol. The van der Waals surface area contributed by atoms with E-state index in [2.05, 4.69) is 10.2 Å². The summed E-state index contributed by atoms with van der Waals surface area (Å²) in [5.41, 5.74) is 2.48. The largest absolute Gasteiger partial charge is 0.347 e. The fraction of sp³-hybridized carbons (Fsp3) is 0.348. The number of nitrogens with zero attached hydrogens (tertiary/aromatic N) is 3. The first-order chi connectivity index (χ1) is 14.6. The summed E-state index contributed by atoms with van der Waals surface area (Å²) in [6.45, 7) is 3.45. The number of thioether (sulfide) groups is 1. The lowest BCUT2D eigenvalue weighted by molar-refractivity contribution is 0.0686. The van der Waals surface area contributed by atoms with Crippen LogP contribution in [0.4, 0.5) is 0 Å². The molecule has 1 aliphatic rings. The number of H-pyrrole nitrogens is 1. The first-order valence-corrected chi connectivity index (χ1v) is 11.5. The van der Waals surface area contributed by atoms with Crippen molar-refractivity contribution < 1.29 is 4.79 Å².